The summed E-state index contributed by atoms with van der Waals surface area (Å²) in [7, 11) is -3.28. The van der Waals surface area contributed by atoms with E-state index in [0.717, 1.165) is 4.47 Å². The van der Waals surface area contributed by atoms with Gasteiger partial charge < -0.3 is 5.32 Å². The van der Waals surface area contributed by atoms with Gasteiger partial charge in [0.1, 0.15) is 5.69 Å². The maximum absolute atomic E-state index is 13.0. The molecule has 0 saturated heterocycles. The number of sulfone groups is 1. The third-order valence-corrected chi connectivity index (χ3v) is 7.48. The Labute approximate surface area is 201 Å². The van der Waals surface area contributed by atoms with Gasteiger partial charge >= 0.3 is 0 Å². The summed E-state index contributed by atoms with van der Waals surface area (Å²) in [4.78, 5) is 34.2. The normalized spacial score (nSPS) is 11.8. The number of carbonyl (C=O) groups excluding carboxylic acids is 2. The minimum Gasteiger partial charge on any atom is -0.324 e. The van der Waals surface area contributed by atoms with E-state index in [1.165, 1.54) is 18.3 Å². The second-order valence-electron chi connectivity index (χ2n) is 8.02. The number of benzene rings is 1. The van der Waals surface area contributed by atoms with Crippen molar-refractivity contribution in [1.82, 2.24) is 9.97 Å². The Kier molecular flexibility index (Phi) is 7.44. The molecule has 0 aliphatic heterocycles. The first-order valence-corrected chi connectivity index (χ1v) is 12.7. The lowest BCUT2D eigenvalue weighted by Gasteiger charge is -2.22. The van der Waals surface area contributed by atoms with Crippen LogP contribution in [0.4, 0.5) is 5.69 Å². The number of halogens is 1. The summed E-state index contributed by atoms with van der Waals surface area (Å²) < 4.78 is 24.6. The SMILES string of the molecule is CCS(=O)(=O)c1ccc(CC(=O)Nc2ccc(C(=O)C(C)(C)c3cc(Br)ccn3)nc2)cc1. The number of hydrogen-bond donors (Lipinski definition) is 1. The van der Waals surface area contributed by atoms with Crippen LogP contribution in [-0.4, -0.2) is 35.8 Å². The maximum atomic E-state index is 13.0. The summed E-state index contributed by atoms with van der Waals surface area (Å²) in [5.74, 6) is -0.441. The summed E-state index contributed by atoms with van der Waals surface area (Å²) in [6.45, 7) is 5.17. The van der Waals surface area contributed by atoms with Crippen LogP contribution in [0.5, 0.6) is 0 Å². The highest BCUT2D eigenvalue weighted by molar-refractivity contribution is 9.10. The largest absolute Gasteiger partial charge is 0.324 e. The molecule has 0 aliphatic carbocycles. The smallest absolute Gasteiger partial charge is 0.228 e. The molecule has 33 heavy (non-hydrogen) atoms. The van der Waals surface area contributed by atoms with Crippen LogP contribution >= 0.6 is 15.9 Å². The van der Waals surface area contributed by atoms with Crippen molar-refractivity contribution in [3.8, 4) is 0 Å². The molecular weight excluding hydrogens is 506 g/mol. The van der Waals surface area contributed by atoms with Gasteiger partial charge in [-0.1, -0.05) is 35.0 Å². The Bertz CT molecular complexity index is 1270. The standard InChI is InChI=1S/C24H24BrN3O4S/c1-4-33(31,32)19-8-5-16(6-9-19)13-22(29)28-18-7-10-20(27-15-18)23(30)24(2,3)21-14-17(25)11-12-26-21/h5-12,14-15H,4,13H2,1-3H3,(H,28,29). The van der Waals surface area contributed by atoms with E-state index >= 15 is 0 Å². The van der Waals surface area contributed by atoms with Crippen molar-refractivity contribution < 1.29 is 18.0 Å². The van der Waals surface area contributed by atoms with Gasteiger partial charge in [0.25, 0.3) is 0 Å². The summed E-state index contributed by atoms with van der Waals surface area (Å²) in [6, 6.07) is 13.1. The van der Waals surface area contributed by atoms with Crippen molar-refractivity contribution in [2.24, 2.45) is 0 Å². The Morgan fingerprint density at radius 1 is 1.03 bits per heavy atom. The first kappa shape index (κ1) is 24.7. The second-order valence-corrected chi connectivity index (χ2v) is 11.2. The predicted octanol–water partition coefficient (Wildman–Crippen LogP) is 4.37. The first-order chi connectivity index (χ1) is 15.5. The van der Waals surface area contributed by atoms with Crippen LogP contribution in [0.2, 0.25) is 0 Å². The van der Waals surface area contributed by atoms with Crippen molar-refractivity contribution in [3.05, 3.63) is 82.3 Å². The summed E-state index contributed by atoms with van der Waals surface area (Å²) in [5, 5.41) is 2.74. The quantitative estimate of drug-likeness (QED) is 0.434. The van der Waals surface area contributed by atoms with E-state index in [-0.39, 0.29) is 34.5 Å². The van der Waals surface area contributed by atoms with Crippen LogP contribution < -0.4 is 5.32 Å². The first-order valence-electron chi connectivity index (χ1n) is 10.3. The summed E-state index contributed by atoms with van der Waals surface area (Å²) >= 11 is 3.40. The van der Waals surface area contributed by atoms with Gasteiger partial charge in [-0.15, -0.1) is 0 Å². The van der Waals surface area contributed by atoms with Gasteiger partial charge in [0.05, 0.1) is 40.1 Å². The number of rotatable bonds is 8. The number of nitrogens with one attached hydrogen (secondary N) is 1. The number of ketones is 1. The Balaban J connectivity index is 1.65. The zero-order chi connectivity index (χ0) is 24.2. The van der Waals surface area contributed by atoms with E-state index in [1.807, 2.05) is 0 Å². The molecule has 172 valence electrons. The minimum absolute atomic E-state index is 0.0227. The summed E-state index contributed by atoms with van der Waals surface area (Å²) in [6.07, 6.45) is 3.15. The number of hydrogen-bond acceptors (Lipinski definition) is 6. The Morgan fingerprint density at radius 2 is 1.73 bits per heavy atom. The lowest BCUT2D eigenvalue weighted by Crippen LogP contribution is -2.31. The molecule has 0 saturated carbocycles. The van der Waals surface area contributed by atoms with Crippen molar-refractivity contribution in [3.63, 3.8) is 0 Å². The highest BCUT2D eigenvalue weighted by Gasteiger charge is 2.33. The number of aromatic nitrogens is 2. The van der Waals surface area contributed by atoms with Crippen LogP contribution in [0.1, 0.15) is 42.5 Å². The molecule has 3 aromatic rings. The van der Waals surface area contributed by atoms with Gasteiger partial charge in [-0.2, -0.15) is 0 Å². The van der Waals surface area contributed by atoms with E-state index in [2.05, 4.69) is 31.2 Å². The second kappa shape index (κ2) is 9.93. The van der Waals surface area contributed by atoms with Crippen LogP contribution in [0.3, 0.4) is 0 Å². The molecular formula is C24H24BrN3O4S. The fourth-order valence-corrected chi connectivity index (χ4v) is 4.38. The number of amides is 1. The number of carbonyl (C=O) groups is 2. The number of nitrogens with zero attached hydrogens (tertiary/aromatic N) is 2. The highest BCUT2D eigenvalue weighted by atomic mass is 79.9. The summed E-state index contributed by atoms with van der Waals surface area (Å²) in [5.41, 5.74) is 1.16. The number of Topliss-reactive ketones (excluding diaryl/α,β-unsaturated/α-hetero) is 1. The van der Waals surface area contributed by atoms with Crippen LogP contribution in [-0.2, 0) is 26.5 Å². The van der Waals surface area contributed by atoms with Crippen molar-refractivity contribution in [1.29, 1.82) is 0 Å². The molecule has 0 aliphatic rings. The molecule has 9 heteroatoms. The maximum Gasteiger partial charge on any atom is 0.228 e. The molecule has 0 radical (unpaired) electrons. The zero-order valence-electron chi connectivity index (χ0n) is 18.5. The molecule has 0 bridgehead atoms. The molecule has 1 N–H and O–H groups in total. The average molecular weight is 530 g/mol. The van der Waals surface area contributed by atoms with E-state index in [0.29, 0.717) is 16.9 Å². The van der Waals surface area contributed by atoms with Gasteiger partial charge in [-0.05, 0) is 55.8 Å². The van der Waals surface area contributed by atoms with Crippen LogP contribution in [0.15, 0.2) is 70.3 Å². The number of anilines is 1. The fourth-order valence-electron chi connectivity index (χ4n) is 3.16. The molecule has 2 aromatic heterocycles. The molecule has 3 rings (SSSR count). The molecule has 1 aromatic carbocycles. The molecule has 0 fully saturated rings. The Morgan fingerprint density at radius 3 is 2.30 bits per heavy atom. The topological polar surface area (TPSA) is 106 Å². The monoisotopic (exact) mass is 529 g/mol. The van der Waals surface area contributed by atoms with E-state index in [9.17, 15) is 18.0 Å². The molecule has 7 nitrogen and oxygen atoms in total. The van der Waals surface area contributed by atoms with Crippen molar-refractivity contribution in [2.75, 3.05) is 11.1 Å². The number of pyridine rings is 2. The van der Waals surface area contributed by atoms with Gasteiger partial charge in [0.2, 0.25) is 5.91 Å². The van der Waals surface area contributed by atoms with Gasteiger partial charge in [-0.3, -0.25) is 19.6 Å². The van der Waals surface area contributed by atoms with Gasteiger partial charge in [0.15, 0.2) is 15.6 Å². The van der Waals surface area contributed by atoms with E-state index in [4.69, 9.17) is 0 Å². The fraction of sp³-hybridized carbons (Fsp3) is 0.250. The van der Waals surface area contributed by atoms with E-state index < -0.39 is 15.3 Å². The lowest BCUT2D eigenvalue weighted by molar-refractivity contribution is -0.115. The third kappa shape index (κ3) is 5.91. The van der Waals surface area contributed by atoms with Crippen molar-refractivity contribution in [2.45, 2.75) is 37.5 Å². The predicted molar refractivity (Wildman–Crippen MR) is 130 cm³/mol. The molecule has 0 atom stereocenters. The van der Waals surface area contributed by atoms with Crippen molar-refractivity contribution >= 4 is 43.1 Å². The minimum atomic E-state index is -3.28. The average Bonchev–Trinajstić information content (AvgIpc) is 2.79. The molecule has 0 unspecified atom stereocenters. The zero-order valence-corrected chi connectivity index (χ0v) is 20.9. The Hall–Kier alpha value is -2.91. The van der Waals surface area contributed by atoms with Gasteiger partial charge in [-0.25, -0.2) is 8.42 Å². The molecule has 0 spiro atoms. The van der Waals surface area contributed by atoms with Crippen LogP contribution in [0.25, 0.3) is 0 Å². The molecule has 1 amide bonds. The van der Waals surface area contributed by atoms with Crippen LogP contribution in [0, 0.1) is 0 Å². The lowest BCUT2D eigenvalue weighted by atomic mass is 9.82. The highest BCUT2D eigenvalue weighted by Crippen LogP contribution is 2.27. The van der Waals surface area contributed by atoms with Gasteiger partial charge in [0, 0.05) is 10.7 Å². The molecule has 2 heterocycles. The third-order valence-electron chi connectivity index (χ3n) is 5.24. The van der Waals surface area contributed by atoms with E-state index in [1.54, 1.807) is 63.4 Å².